The summed E-state index contributed by atoms with van der Waals surface area (Å²) in [6.07, 6.45) is 2.55. The molecule has 0 aliphatic rings. The third-order valence-corrected chi connectivity index (χ3v) is 1.22. The van der Waals surface area contributed by atoms with Gasteiger partial charge in [0.1, 0.15) is 5.82 Å². The van der Waals surface area contributed by atoms with Gasteiger partial charge in [0.25, 0.3) is 0 Å². The van der Waals surface area contributed by atoms with Gasteiger partial charge in [-0.25, -0.2) is 4.39 Å². The zero-order chi connectivity index (χ0) is 7.40. The fraction of sp³-hybridized carbons (Fsp3) is 0.111. The van der Waals surface area contributed by atoms with Crippen molar-refractivity contribution in [1.82, 2.24) is 0 Å². The summed E-state index contributed by atoms with van der Waals surface area (Å²) in [6.45, 7) is 3.57. The lowest BCUT2D eigenvalue weighted by Crippen LogP contribution is -1.80. The highest BCUT2D eigenvalue weighted by Crippen LogP contribution is 2.02. The first-order valence-electron chi connectivity index (χ1n) is 3.10. The Morgan fingerprint density at radius 2 is 2.40 bits per heavy atom. The van der Waals surface area contributed by atoms with Gasteiger partial charge in [0, 0.05) is 6.07 Å². The quantitative estimate of drug-likeness (QED) is 0.546. The van der Waals surface area contributed by atoms with Crippen LogP contribution in [0.4, 0.5) is 4.39 Å². The van der Waals surface area contributed by atoms with Crippen LogP contribution in [-0.2, 0) is 6.42 Å². The van der Waals surface area contributed by atoms with Crippen LogP contribution in [0.15, 0.2) is 30.9 Å². The van der Waals surface area contributed by atoms with Crippen molar-refractivity contribution in [3.05, 3.63) is 48.3 Å². The van der Waals surface area contributed by atoms with Gasteiger partial charge >= 0.3 is 0 Å². The van der Waals surface area contributed by atoms with Gasteiger partial charge in [-0.1, -0.05) is 12.1 Å². The second-order valence-corrected chi connectivity index (χ2v) is 2.04. The molecule has 0 heterocycles. The van der Waals surface area contributed by atoms with Crippen LogP contribution < -0.4 is 0 Å². The van der Waals surface area contributed by atoms with Crippen molar-refractivity contribution in [2.45, 2.75) is 6.42 Å². The third-order valence-electron chi connectivity index (χ3n) is 1.22. The van der Waals surface area contributed by atoms with Gasteiger partial charge in [0.15, 0.2) is 0 Å². The molecule has 0 saturated carbocycles. The Morgan fingerprint density at radius 3 is 2.90 bits per heavy atom. The molecule has 0 N–H and O–H groups in total. The maximum atomic E-state index is 12.2. The normalized spacial score (nSPS) is 9.30. The van der Waals surface area contributed by atoms with E-state index in [9.17, 15) is 4.39 Å². The monoisotopic (exact) mass is 135 g/mol. The molecule has 0 unspecified atom stereocenters. The van der Waals surface area contributed by atoms with E-state index >= 15 is 0 Å². The van der Waals surface area contributed by atoms with E-state index in [0.29, 0.717) is 0 Å². The van der Waals surface area contributed by atoms with Crippen LogP contribution in [0.2, 0.25) is 0 Å². The SMILES string of the molecule is C=CCc1c[c]c(F)cc1. The highest BCUT2D eigenvalue weighted by molar-refractivity contribution is 5.16. The summed E-state index contributed by atoms with van der Waals surface area (Å²) >= 11 is 0. The van der Waals surface area contributed by atoms with Crippen molar-refractivity contribution in [3.63, 3.8) is 0 Å². The van der Waals surface area contributed by atoms with E-state index in [-0.39, 0.29) is 5.82 Å². The summed E-state index contributed by atoms with van der Waals surface area (Å²) in [4.78, 5) is 0. The average Bonchev–Trinajstić information content (AvgIpc) is 1.95. The van der Waals surface area contributed by atoms with Gasteiger partial charge in [0.05, 0.1) is 0 Å². The zero-order valence-electron chi connectivity index (χ0n) is 5.60. The molecule has 0 atom stereocenters. The Bertz CT molecular complexity index is 211. The summed E-state index contributed by atoms with van der Waals surface area (Å²) in [7, 11) is 0. The molecule has 0 spiro atoms. The second kappa shape index (κ2) is 3.16. The molecule has 1 aromatic rings. The molecule has 51 valence electrons. The summed E-state index contributed by atoms with van der Waals surface area (Å²) in [5, 5.41) is 0. The molecule has 1 aromatic carbocycles. The Hall–Kier alpha value is -1.11. The van der Waals surface area contributed by atoms with Crippen LogP contribution in [-0.4, -0.2) is 0 Å². The molecule has 0 nitrogen and oxygen atoms in total. The van der Waals surface area contributed by atoms with E-state index in [0.717, 1.165) is 12.0 Å². The van der Waals surface area contributed by atoms with Crippen molar-refractivity contribution in [2.75, 3.05) is 0 Å². The van der Waals surface area contributed by atoms with E-state index < -0.39 is 0 Å². The number of allylic oxidation sites excluding steroid dienone is 1. The second-order valence-electron chi connectivity index (χ2n) is 2.04. The first kappa shape index (κ1) is 7.00. The molecule has 1 rings (SSSR count). The lowest BCUT2D eigenvalue weighted by Gasteiger charge is -1.92. The van der Waals surface area contributed by atoms with Gasteiger partial charge in [-0.3, -0.25) is 0 Å². The van der Waals surface area contributed by atoms with Crippen LogP contribution in [0.25, 0.3) is 0 Å². The first-order chi connectivity index (χ1) is 4.83. The van der Waals surface area contributed by atoms with Crippen LogP contribution in [0.5, 0.6) is 0 Å². The number of halogens is 1. The van der Waals surface area contributed by atoms with Crippen molar-refractivity contribution in [1.29, 1.82) is 0 Å². The van der Waals surface area contributed by atoms with Gasteiger partial charge in [-0.15, -0.1) is 6.58 Å². The lowest BCUT2D eigenvalue weighted by atomic mass is 10.1. The smallest absolute Gasteiger partial charge is 0.131 e. The van der Waals surface area contributed by atoms with Crippen molar-refractivity contribution >= 4 is 0 Å². The molecule has 0 aromatic heterocycles. The topological polar surface area (TPSA) is 0 Å². The van der Waals surface area contributed by atoms with Gasteiger partial charge < -0.3 is 0 Å². The van der Waals surface area contributed by atoms with E-state index in [1.54, 1.807) is 18.2 Å². The minimum absolute atomic E-state index is 0.312. The molecule has 1 heteroatoms. The Kier molecular flexibility index (Phi) is 2.21. The maximum Gasteiger partial charge on any atom is 0.131 e. The summed E-state index contributed by atoms with van der Waals surface area (Å²) < 4.78 is 12.2. The Balaban J connectivity index is 2.78. The minimum Gasteiger partial charge on any atom is -0.206 e. The van der Waals surface area contributed by atoms with Crippen LogP contribution in [0.1, 0.15) is 5.56 Å². The number of benzene rings is 1. The fourth-order valence-electron chi connectivity index (χ4n) is 0.732. The van der Waals surface area contributed by atoms with E-state index in [1.165, 1.54) is 6.07 Å². The summed E-state index contributed by atoms with van der Waals surface area (Å²) in [5.74, 6) is -0.312. The van der Waals surface area contributed by atoms with Crippen LogP contribution in [0, 0.1) is 11.9 Å². The molecule has 1 radical (unpaired) electrons. The predicted molar refractivity (Wildman–Crippen MR) is 39.1 cm³/mol. The van der Waals surface area contributed by atoms with E-state index in [2.05, 4.69) is 12.6 Å². The largest absolute Gasteiger partial charge is 0.206 e. The number of rotatable bonds is 2. The Morgan fingerprint density at radius 1 is 1.60 bits per heavy atom. The van der Waals surface area contributed by atoms with Crippen LogP contribution in [0.3, 0.4) is 0 Å². The molecule has 0 saturated heterocycles. The molecule has 0 bridgehead atoms. The molecule has 0 fully saturated rings. The predicted octanol–water partition coefficient (Wildman–Crippen LogP) is 2.35. The minimum atomic E-state index is -0.312. The standard InChI is InChI=1S/C9H8F/c1-2-3-8-4-6-9(10)7-5-8/h2,4-6H,1,3H2. The van der Waals surface area contributed by atoms with E-state index in [1.807, 2.05) is 0 Å². The van der Waals surface area contributed by atoms with Gasteiger partial charge in [-0.05, 0) is 24.1 Å². The third kappa shape index (κ3) is 1.69. The zero-order valence-corrected chi connectivity index (χ0v) is 5.60. The summed E-state index contributed by atoms with van der Waals surface area (Å²) in [6, 6.07) is 7.24. The Labute approximate surface area is 60.0 Å². The molecular formula is C9H8F. The van der Waals surface area contributed by atoms with Gasteiger partial charge in [0.2, 0.25) is 0 Å². The van der Waals surface area contributed by atoms with Gasteiger partial charge in [-0.2, -0.15) is 0 Å². The van der Waals surface area contributed by atoms with Crippen molar-refractivity contribution in [2.24, 2.45) is 0 Å². The molecule has 10 heavy (non-hydrogen) atoms. The maximum absolute atomic E-state index is 12.2. The molecule has 0 aliphatic carbocycles. The highest BCUT2D eigenvalue weighted by Gasteiger charge is 1.89. The molecular weight excluding hydrogens is 127 g/mol. The lowest BCUT2D eigenvalue weighted by molar-refractivity contribution is 0.625. The fourth-order valence-corrected chi connectivity index (χ4v) is 0.732. The first-order valence-corrected chi connectivity index (χ1v) is 3.10. The van der Waals surface area contributed by atoms with Crippen molar-refractivity contribution < 1.29 is 4.39 Å². The highest BCUT2D eigenvalue weighted by atomic mass is 19.1. The molecule has 0 amide bonds. The van der Waals surface area contributed by atoms with E-state index in [4.69, 9.17) is 0 Å². The van der Waals surface area contributed by atoms with Crippen LogP contribution >= 0.6 is 0 Å². The average molecular weight is 135 g/mol. The molecule has 0 aliphatic heterocycles. The number of hydrogen-bond acceptors (Lipinski definition) is 0. The number of hydrogen-bond donors (Lipinski definition) is 0. The van der Waals surface area contributed by atoms with Crippen molar-refractivity contribution in [3.8, 4) is 0 Å². The summed E-state index contributed by atoms with van der Waals surface area (Å²) in [5.41, 5.74) is 1.04.